The molecule has 10 nitrogen and oxygen atoms in total. The molecule has 1 saturated carbocycles. The van der Waals surface area contributed by atoms with Gasteiger partial charge in [-0.25, -0.2) is 26.9 Å². The van der Waals surface area contributed by atoms with Crippen molar-refractivity contribution in [1.29, 1.82) is 0 Å². The number of phenols is 1. The van der Waals surface area contributed by atoms with Gasteiger partial charge in [0.25, 0.3) is 11.8 Å². The fraction of sp³-hybridized carbons (Fsp3) is 0.424. The topological polar surface area (TPSA) is 142 Å². The van der Waals surface area contributed by atoms with Gasteiger partial charge < -0.3 is 14.9 Å². The van der Waals surface area contributed by atoms with Crippen molar-refractivity contribution in [1.82, 2.24) is 4.90 Å². The van der Waals surface area contributed by atoms with Gasteiger partial charge in [0.15, 0.2) is 44.5 Å². The van der Waals surface area contributed by atoms with Crippen LogP contribution in [-0.4, -0.2) is 68.1 Å². The van der Waals surface area contributed by atoms with E-state index in [4.69, 9.17) is 33.0 Å². The van der Waals surface area contributed by atoms with Crippen molar-refractivity contribution in [3.63, 3.8) is 0 Å². The molecule has 4 aliphatic rings. The number of likely N-dealkylation sites (tertiary alicyclic amines) is 1. The van der Waals surface area contributed by atoms with Gasteiger partial charge in [0.05, 0.1) is 23.4 Å². The van der Waals surface area contributed by atoms with Gasteiger partial charge in [-0.1, -0.05) is 18.1 Å². The number of unbranched alkanes of at least 4 members (excludes halogenated alkanes) is 2. The van der Waals surface area contributed by atoms with Crippen molar-refractivity contribution in [2.45, 2.75) is 54.2 Å². The van der Waals surface area contributed by atoms with Crippen LogP contribution in [0.3, 0.4) is 0 Å². The molecule has 2 aliphatic carbocycles. The average Bonchev–Trinajstić information content (AvgIpc) is 3.43. The fourth-order valence-electron chi connectivity index (χ4n) is 7.90. The Balaban J connectivity index is 1.53. The largest absolute Gasteiger partial charge is 0.503 e. The highest BCUT2D eigenvalue weighted by Crippen LogP contribution is 2.67. The van der Waals surface area contributed by atoms with Crippen LogP contribution in [0.15, 0.2) is 26.7 Å². The molecule has 2 heterocycles. The second-order valence-electron chi connectivity index (χ2n) is 12.9. The van der Waals surface area contributed by atoms with E-state index in [0.717, 1.165) is 4.90 Å². The molecule has 2 aromatic carbocycles. The first-order valence-electron chi connectivity index (χ1n) is 15.7. The summed E-state index contributed by atoms with van der Waals surface area (Å²) in [6.45, 7) is -0.0413. The van der Waals surface area contributed by atoms with E-state index >= 15 is 8.78 Å². The zero-order valence-electron chi connectivity index (χ0n) is 26.6. The molecule has 6 atom stereocenters. The number of aromatic hydroxyl groups is 1. The van der Waals surface area contributed by atoms with Gasteiger partial charge in [0.1, 0.15) is 5.69 Å². The third-order valence-corrected chi connectivity index (χ3v) is 13.9. The number of aliphatic carboxylic acids is 1. The Bertz CT molecular complexity index is 1990. The highest BCUT2D eigenvalue weighted by atomic mass is 79.9. The number of hydrogen-bond donors (Lipinski definition) is 2. The molecule has 6 rings (SSSR count). The van der Waals surface area contributed by atoms with Gasteiger partial charge in [0.2, 0.25) is 17.6 Å². The number of fused-ring (bicyclic) bond motifs is 4. The number of anilines is 1. The molecule has 0 radical (unpaired) electrons. The molecular weight excluding hydrogens is 878 g/mol. The van der Waals surface area contributed by atoms with Crippen LogP contribution in [0.2, 0.25) is 0 Å². The van der Waals surface area contributed by atoms with Crippen molar-refractivity contribution in [3.8, 4) is 11.5 Å². The predicted molar refractivity (Wildman–Crippen MR) is 179 cm³/mol. The number of methoxy groups -OCH3 is 1. The van der Waals surface area contributed by atoms with E-state index in [1.807, 2.05) is 0 Å². The maximum Gasteiger partial charge on any atom is 0.303 e. The number of phenolic OH excluding ortho intramolecular Hbond substituents is 1. The summed E-state index contributed by atoms with van der Waals surface area (Å²) < 4.78 is 78.8. The smallest absolute Gasteiger partial charge is 0.303 e. The van der Waals surface area contributed by atoms with Crippen LogP contribution in [0.5, 0.6) is 11.5 Å². The molecule has 0 spiro atoms. The summed E-state index contributed by atoms with van der Waals surface area (Å²) in [5.41, 5.74) is -1.69. The first kappa shape index (κ1) is 38.4. The van der Waals surface area contributed by atoms with Crippen LogP contribution in [0.25, 0.3) is 0 Å². The lowest BCUT2D eigenvalue weighted by Gasteiger charge is -2.51. The number of carboxylic acids is 1. The molecule has 2 saturated heterocycles. The summed E-state index contributed by atoms with van der Waals surface area (Å²) in [5, 5.41) is 19.6. The molecular formula is C33H25Br2Cl2F5N2O8. The van der Waals surface area contributed by atoms with Gasteiger partial charge in [-0.2, -0.15) is 0 Å². The minimum atomic E-state index is -2.78. The third kappa shape index (κ3) is 5.30. The number of carboxylic acid groups (broad SMARTS) is 1. The summed E-state index contributed by atoms with van der Waals surface area (Å²) in [6, 6.07) is 1.23. The lowest BCUT2D eigenvalue weighted by molar-refractivity contribution is -0.141. The van der Waals surface area contributed by atoms with E-state index in [1.54, 1.807) is 0 Å². The second-order valence-corrected chi connectivity index (χ2v) is 15.7. The van der Waals surface area contributed by atoms with Crippen LogP contribution in [0.4, 0.5) is 27.6 Å². The van der Waals surface area contributed by atoms with Gasteiger partial charge in [-0.05, 0) is 75.1 Å². The van der Waals surface area contributed by atoms with Crippen LogP contribution in [-0.2, 0) is 24.0 Å². The Hall–Kier alpha value is -3.28. The zero-order valence-corrected chi connectivity index (χ0v) is 31.2. The molecule has 2 aromatic rings. The van der Waals surface area contributed by atoms with E-state index in [-0.39, 0.29) is 50.1 Å². The molecule has 4 amide bonds. The Morgan fingerprint density at radius 1 is 0.923 bits per heavy atom. The zero-order chi connectivity index (χ0) is 38.4. The van der Waals surface area contributed by atoms with Crippen LogP contribution in [0.1, 0.15) is 50.0 Å². The normalized spacial score (nSPS) is 28.2. The minimum absolute atomic E-state index is 0.00317. The number of rotatable bonds is 9. The van der Waals surface area contributed by atoms with Crippen molar-refractivity contribution in [2.75, 3.05) is 18.6 Å². The van der Waals surface area contributed by atoms with Crippen LogP contribution in [0, 0.1) is 46.8 Å². The van der Waals surface area contributed by atoms with Crippen molar-refractivity contribution < 1.29 is 60.9 Å². The molecule has 0 aromatic heterocycles. The summed E-state index contributed by atoms with van der Waals surface area (Å²) in [4.78, 5) is 62.6. The number of ether oxygens (including phenoxy) is 1. The first-order chi connectivity index (χ1) is 24.4. The van der Waals surface area contributed by atoms with Crippen molar-refractivity contribution >= 4 is 90.3 Å². The molecule has 2 N–H and O–H groups in total. The number of benzene rings is 2. The number of carbonyl (C=O) groups excluding carboxylic acids is 4. The van der Waals surface area contributed by atoms with E-state index in [1.165, 1.54) is 19.3 Å². The van der Waals surface area contributed by atoms with Gasteiger partial charge >= 0.3 is 5.97 Å². The summed E-state index contributed by atoms with van der Waals surface area (Å²) in [5.74, 6) is -23.4. The number of carbonyl (C=O) groups is 5. The van der Waals surface area contributed by atoms with E-state index in [9.17, 15) is 42.3 Å². The Morgan fingerprint density at radius 3 is 2.13 bits per heavy atom. The van der Waals surface area contributed by atoms with Gasteiger partial charge in [0, 0.05) is 23.4 Å². The third-order valence-electron chi connectivity index (χ3n) is 10.3. The number of halogens is 9. The van der Waals surface area contributed by atoms with Crippen LogP contribution >= 0.6 is 55.1 Å². The number of alkyl halides is 2. The predicted octanol–water partition coefficient (Wildman–Crippen LogP) is 6.83. The summed E-state index contributed by atoms with van der Waals surface area (Å²) in [6.07, 6.45) is 1.67. The minimum Gasteiger partial charge on any atom is -0.503 e. The van der Waals surface area contributed by atoms with E-state index < -0.39 is 110 Å². The van der Waals surface area contributed by atoms with Gasteiger partial charge in [-0.3, -0.25) is 28.9 Å². The summed E-state index contributed by atoms with van der Waals surface area (Å²) in [7, 11) is 1.20. The monoisotopic (exact) mass is 900 g/mol. The molecule has 6 unspecified atom stereocenters. The van der Waals surface area contributed by atoms with Gasteiger partial charge in [-0.15, -0.1) is 23.2 Å². The second kappa shape index (κ2) is 13.5. The van der Waals surface area contributed by atoms with E-state index in [2.05, 4.69) is 31.9 Å². The maximum absolute atomic E-state index is 15.3. The number of hydrogen-bond acceptors (Lipinski definition) is 7. The Labute approximate surface area is 318 Å². The Kier molecular flexibility index (Phi) is 10.0. The number of imide groups is 2. The van der Waals surface area contributed by atoms with Crippen LogP contribution < -0.4 is 9.64 Å². The quantitative estimate of drug-likeness (QED) is 0.0531. The highest BCUT2D eigenvalue weighted by Gasteiger charge is 2.77. The summed E-state index contributed by atoms with van der Waals surface area (Å²) >= 11 is 20.9. The lowest BCUT2D eigenvalue weighted by atomic mass is 9.56. The first-order valence-corrected chi connectivity index (χ1v) is 18.0. The van der Waals surface area contributed by atoms with Crippen molar-refractivity contribution in [3.05, 3.63) is 61.3 Å². The molecule has 19 heteroatoms. The fourth-order valence-corrected chi connectivity index (χ4v) is 9.78. The Morgan fingerprint density at radius 2 is 1.54 bits per heavy atom. The standard InChI is InChI=1S/C33H25Br2Cl2F5N2O8/c1-52-15-9-13(19(34)20(35)27(15)47)18-11-6-7-12-17(29(49)43(28(12)48)8-4-2-3-5-16(45)46)14(11)10-32(36)30(50)44(31(51)33(18,32)37)26-24(41)22(39)21(38)23(40)25(26)42/h6,9,12,14,17-18,47H,2-5,7-8,10H2,1H3,(H,45,46). The van der Waals surface area contributed by atoms with Crippen molar-refractivity contribution in [2.24, 2.45) is 17.8 Å². The number of nitrogens with zero attached hydrogens (tertiary/aromatic N) is 2. The number of allylic oxidation sites excluding steroid dienone is 2. The molecule has 52 heavy (non-hydrogen) atoms. The molecule has 278 valence electrons. The van der Waals surface area contributed by atoms with E-state index in [0.29, 0.717) is 19.3 Å². The average molecular weight is 903 g/mol. The maximum atomic E-state index is 15.3. The SMILES string of the molecule is COc1cc(C2C3=CCC4C(=O)N(CCCCCC(=O)O)C(=O)C4C3CC3(Cl)C(=O)N(c4c(F)c(F)c(F)c(F)c4F)C(=O)C23Cl)c(Br)c(Br)c1O. The highest BCUT2D eigenvalue weighted by molar-refractivity contribution is 9.13. The molecule has 3 fully saturated rings. The molecule has 2 aliphatic heterocycles. The molecule has 0 bridgehead atoms. The number of amides is 4. The lowest BCUT2D eigenvalue weighted by Crippen LogP contribution is -2.60.